The number of esters is 1. The molecule has 144 valence electrons. The fourth-order valence-electron chi connectivity index (χ4n) is 2.42. The van der Waals surface area contributed by atoms with Crippen LogP contribution in [-0.4, -0.2) is 27.9 Å². The Morgan fingerprint density at radius 2 is 2.00 bits per heavy atom. The maximum atomic E-state index is 12.5. The second-order valence-electron chi connectivity index (χ2n) is 6.06. The summed E-state index contributed by atoms with van der Waals surface area (Å²) in [7, 11) is 0. The zero-order chi connectivity index (χ0) is 20.1. The molecule has 28 heavy (non-hydrogen) atoms. The van der Waals surface area contributed by atoms with Gasteiger partial charge in [0.2, 0.25) is 0 Å². The number of amides is 1. The van der Waals surface area contributed by atoms with Crippen LogP contribution in [0.25, 0.3) is 11.3 Å². The average Bonchev–Trinajstić information content (AvgIpc) is 3.14. The first-order valence-electron chi connectivity index (χ1n) is 8.62. The number of nitrogens with zero attached hydrogens (tertiary/aromatic N) is 2. The summed E-state index contributed by atoms with van der Waals surface area (Å²) < 4.78 is 5.32. The highest BCUT2D eigenvalue weighted by Crippen LogP contribution is 2.25. The third kappa shape index (κ3) is 4.94. The lowest BCUT2D eigenvalue weighted by atomic mass is 10.1. The SMILES string of the molecule is CCC(OC(=O)c1ccnc(Cl)c1)C(=O)Nc1nc(-c2ccc(C)cc2)cs1. The van der Waals surface area contributed by atoms with Crippen LogP contribution >= 0.6 is 22.9 Å². The number of rotatable bonds is 6. The van der Waals surface area contributed by atoms with E-state index in [0.717, 1.165) is 16.8 Å². The lowest BCUT2D eigenvalue weighted by molar-refractivity contribution is -0.124. The summed E-state index contributed by atoms with van der Waals surface area (Å²) in [5.41, 5.74) is 3.14. The second-order valence-corrected chi connectivity index (χ2v) is 7.31. The number of ether oxygens (including phenoxy) is 1. The quantitative estimate of drug-likeness (QED) is 0.464. The van der Waals surface area contributed by atoms with E-state index < -0.39 is 18.0 Å². The van der Waals surface area contributed by atoms with Crippen molar-refractivity contribution in [1.29, 1.82) is 0 Å². The summed E-state index contributed by atoms with van der Waals surface area (Å²) >= 11 is 7.10. The lowest BCUT2D eigenvalue weighted by Gasteiger charge is -2.15. The van der Waals surface area contributed by atoms with Crippen molar-refractivity contribution in [2.24, 2.45) is 0 Å². The molecule has 0 fully saturated rings. The smallest absolute Gasteiger partial charge is 0.339 e. The topological polar surface area (TPSA) is 81.2 Å². The number of hydrogen-bond donors (Lipinski definition) is 1. The average molecular weight is 416 g/mol. The summed E-state index contributed by atoms with van der Waals surface area (Å²) in [6.07, 6.45) is 0.792. The summed E-state index contributed by atoms with van der Waals surface area (Å²) in [6, 6.07) is 10.8. The van der Waals surface area contributed by atoms with E-state index in [-0.39, 0.29) is 10.7 Å². The first-order chi connectivity index (χ1) is 13.5. The largest absolute Gasteiger partial charge is 0.449 e. The number of carbonyl (C=O) groups excluding carboxylic acids is 2. The van der Waals surface area contributed by atoms with Crippen molar-refractivity contribution in [3.63, 3.8) is 0 Å². The number of halogens is 1. The Bertz CT molecular complexity index is 988. The maximum Gasteiger partial charge on any atom is 0.339 e. The summed E-state index contributed by atoms with van der Waals surface area (Å²) in [5.74, 6) is -1.06. The number of pyridine rings is 1. The molecular formula is C20H18ClN3O3S. The molecule has 0 aliphatic heterocycles. The molecule has 0 saturated carbocycles. The molecule has 8 heteroatoms. The van der Waals surface area contributed by atoms with Crippen LogP contribution in [0.5, 0.6) is 0 Å². The van der Waals surface area contributed by atoms with Crippen LogP contribution in [0.3, 0.4) is 0 Å². The molecule has 0 bridgehead atoms. The minimum atomic E-state index is -0.939. The zero-order valence-electron chi connectivity index (χ0n) is 15.3. The minimum Gasteiger partial charge on any atom is -0.449 e. The minimum absolute atomic E-state index is 0.179. The van der Waals surface area contributed by atoms with Crippen LogP contribution in [0.2, 0.25) is 5.15 Å². The van der Waals surface area contributed by atoms with E-state index in [1.165, 1.54) is 29.7 Å². The monoisotopic (exact) mass is 415 g/mol. The standard InChI is InChI=1S/C20H18ClN3O3S/c1-3-16(27-19(26)14-8-9-22-17(21)10-14)18(25)24-20-23-15(11-28-20)13-6-4-12(2)5-7-13/h4-11,16H,3H2,1-2H3,(H,23,24,25). The fourth-order valence-corrected chi connectivity index (χ4v) is 3.32. The van der Waals surface area contributed by atoms with E-state index >= 15 is 0 Å². The number of nitrogens with one attached hydrogen (secondary N) is 1. The van der Waals surface area contributed by atoms with Gasteiger partial charge in [0, 0.05) is 17.1 Å². The molecule has 0 radical (unpaired) electrons. The van der Waals surface area contributed by atoms with Gasteiger partial charge in [-0.25, -0.2) is 14.8 Å². The van der Waals surface area contributed by atoms with Gasteiger partial charge < -0.3 is 4.74 Å². The van der Waals surface area contributed by atoms with Crippen molar-refractivity contribution in [2.45, 2.75) is 26.4 Å². The van der Waals surface area contributed by atoms with E-state index in [9.17, 15) is 9.59 Å². The van der Waals surface area contributed by atoms with Gasteiger partial charge in [-0.05, 0) is 25.5 Å². The predicted octanol–water partition coefficient (Wildman–Crippen LogP) is 4.74. The number of aromatic nitrogens is 2. The highest BCUT2D eigenvalue weighted by Gasteiger charge is 2.23. The highest BCUT2D eigenvalue weighted by molar-refractivity contribution is 7.14. The van der Waals surface area contributed by atoms with Gasteiger partial charge in [0.05, 0.1) is 11.3 Å². The molecule has 1 atom stereocenters. The molecule has 3 rings (SSSR count). The molecule has 0 aliphatic rings. The zero-order valence-corrected chi connectivity index (χ0v) is 16.9. The van der Waals surface area contributed by atoms with Crippen LogP contribution in [0, 0.1) is 6.92 Å². The number of thiazole rings is 1. The Hall–Kier alpha value is -2.77. The molecule has 0 saturated heterocycles. The van der Waals surface area contributed by atoms with Gasteiger partial charge >= 0.3 is 5.97 Å². The van der Waals surface area contributed by atoms with Gasteiger partial charge in [-0.2, -0.15) is 0 Å². The molecule has 6 nitrogen and oxygen atoms in total. The molecule has 1 amide bonds. The molecule has 0 aliphatic carbocycles. The predicted molar refractivity (Wildman–Crippen MR) is 110 cm³/mol. The molecule has 0 spiro atoms. The Balaban J connectivity index is 1.65. The number of benzene rings is 1. The highest BCUT2D eigenvalue weighted by atomic mass is 35.5. The third-order valence-electron chi connectivity index (χ3n) is 3.96. The molecule has 1 unspecified atom stereocenters. The van der Waals surface area contributed by atoms with Crippen molar-refractivity contribution in [1.82, 2.24) is 9.97 Å². The van der Waals surface area contributed by atoms with Crippen molar-refractivity contribution in [3.05, 3.63) is 64.3 Å². The van der Waals surface area contributed by atoms with Crippen LogP contribution < -0.4 is 5.32 Å². The van der Waals surface area contributed by atoms with Gasteiger partial charge in [0.1, 0.15) is 5.15 Å². The summed E-state index contributed by atoms with van der Waals surface area (Å²) in [4.78, 5) is 33.0. The van der Waals surface area contributed by atoms with Crippen molar-refractivity contribution >= 4 is 39.9 Å². The van der Waals surface area contributed by atoms with Gasteiger partial charge in [0.25, 0.3) is 5.91 Å². The van der Waals surface area contributed by atoms with Gasteiger partial charge in [-0.3, -0.25) is 10.1 Å². The van der Waals surface area contributed by atoms with Crippen LogP contribution in [-0.2, 0) is 9.53 Å². The number of carbonyl (C=O) groups is 2. The molecule has 3 aromatic rings. The van der Waals surface area contributed by atoms with Crippen molar-refractivity contribution in [2.75, 3.05) is 5.32 Å². The molecule has 1 N–H and O–H groups in total. The van der Waals surface area contributed by atoms with Crippen molar-refractivity contribution in [3.8, 4) is 11.3 Å². The second kappa shape index (κ2) is 8.95. The Morgan fingerprint density at radius 3 is 2.68 bits per heavy atom. The van der Waals surface area contributed by atoms with E-state index in [4.69, 9.17) is 16.3 Å². The first-order valence-corrected chi connectivity index (χ1v) is 9.88. The number of anilines is 1. The third-order valence-corrected chi connectivity index (χ3v) is 4.92. The molecule has 2 heterocycles. The van der Waals surface area contributed by atoms with Gasteiger partial charge in [-0.1, -0.05) is 48.4 Å². The van der Waals surface area contributed by atoms with E-state index in [1.807, 2.05) is 36.6 Å². The Kier molecular flexibility index (Phi) is 6.38. The lowest BCUT2D eigenvalue weighted by Crippen LogP contribution is -2.32. The molecule has 1 aromatic carbocycles. The Morgan fingerprint density at radius 1 is 1.25 bits per heavy atom. The number of aryl methyl sites for hydroxylation is 1. The van der Waals surface area contributed by atoms with Crippen LogP contribution in [0.1, 0.15) is 29.3 Å². The van der Waals surface area contributed by atoms with E-state index in [0.29, 0.717) is 11.6 Å². The van der Waals surface area contributed by atoms with Crippen LogP contribution in [0.15, 0.2) is 48.0 Å². The van der Waals surface area contributed by atoms with Gasteiger partial charge in [0.15, 0.2) is 11.2 Å². The summed E-state index contributed by atoms with van der Waals surface area (Å²) in [6.45, 7) is 3.78. The molecular weight excluding hydrogens is 398 g/mol. The summed E-state index contributed by atoms with van der Waals surface area (Å²) in [5, 5.41) is 5.21. The van der Waals surface area contributed by atoms with E-state index in [1.54, 1.807) is 6.92 Å². The van der Waals surface area contributed by atoms with Gasteiger partial charge in [-0.15, -0.1) is 11.3 Å². The first kappa shape index (κ1) is 20.0. The Labute approximate surface area is 171 Å². The van der Waals surface area contributed by atoms with Crippen molar-refractivity contribution < 1.29 is 14.3 Å². The van der Waals surface area contributed by atoms with E-state index in [2.05, 4.69) is 15.3 Å². The van der Waals surface area contributed by atoms with Crippen LogP contribution in [0.4, 0.5) is 5.13 Å². The number of hydrogen-bond acceptors (Lipinski definition) is 6. The maximum absolute atomic E-state index is 12.5. The fraction of sp³-hybridized carbons (Fsp3) is 0.200. The normalized spacial score (nSPS) is 11.7. The molecule has 2 aromatic heterocycles.